The van der Waals surface area contributed by atoms with E-state index < -0.39 is 0 Å². The number of rotatable bonds is 3. The molecule has 0 bridgehead atoms. The maximum atomic E-state index is 5.89. The van der Waals surface area contributed by atoms with Gasteiger partial charge in [-0.15, -0.1) is 0 Å². The molecule has 0 aromatic heterocycles. The highest BCUT2D eigenvalue weighted by molar-refractivity contribution is 5.49. The molecule has 1 aromatic carbocycles. The standard InChI is InChI=1S/C15H22N2O2/c1-7-16-8-10-17(9-1)13-2-4-14(5-3-13)19-15-6-11-18-12-15/h2-5,15-16H,1,6-12H2. The van der Waals surface area contributed by atoms with E-state index in [1.807, 2.05) is 0 Å². The van der Waals surface area contributed by atoms with Gasteiger partial charge in [-0.2, -0.15) is 0 Å². The molecule has 2 aliphatic rings. The van der Waals surface area contributed by atoms with Gasteiger partial charge in [0, 0.05) is 31.7 Å². The molecule has 2 saturated heterocycles. The summed E-state index contributed by atoms with van der Waals surface area (Å²) in [6, 6.07) is 8.48. The van der Waals surface area contributed by atoms with Crippen LogP contribution in [0, 0.1) is 0 Å². The van der Waals surface area contributed by atoms with Gasteiger partial charge in [-0.1, -0.05) is 0 Å². The summed E-state index contributed by atoms with van der Waals surface area (Å²) in [5, 5.41) is 3.43. The minimum absolute atomic E-state index is 0.230. The van der Waals surface area contributed by atoms with Crippen LogP contribution in [0.5, 0.6) is 5.75 Å². The van der Waals surface area contributed by atoms with Gasteiger partial charge in [-0.3, -0.25) is 0 Å². The Balaban J connectivity index is 1.60. The smallest absolute Gasteiger partial charge is 0.124 e. The first-order valence-electron chi connectivity index (χ1n) is 7.22. The molecule has 1 atom stereocenters. The molecular weight excluding hydrogens is 240 g/mol. The summed E-state index contributed by atoms with van der Waals surface area (Å²) >= 11 is 0. The fraction of sp³-hybridized carbons (Fsp3) is 0.600. The molecule has 0 aliphatic carbocycles. The van der Waals surface area contributed by atoms with Gasteiger partial charge in [0.1, 0.15) is 11.9 Å². The van der Waals surface area contributed by atoms with E-state index >= 15 is 0 Å². The third-order valence-corrected chi connectivity index (χ3v) is 3.73. The second kappa shape index (κ2) is 6.26. The summed E-state index contributed by atoms with van der Waals surface area (Å²) in [5.74, 6) is 0.951. The Labute approximate surface area is 114 Å². The van der Waals surface area contributed by atoms with Crippen LogP contribution in [0.3, 0.4) is 0 Å². The molecule has 2 aliphatic heterocycles. The number of benzene rings is 1. The van der Waals surface area contributed by atoms with Crippen molar-refractivity contribution in [3.8, 4) is 5.75 Å². The largest absolute Gasteiger partial charge is 0.488 e. The van der Waals surface area contributed by atoms with Gasteiger partial charge in [0.25, 0.3) is 0 Å². The maximum Gasteiger partial charge on any atom is 0.124 e. The number of nitrogens with one attached hydrogen (secondary N) is 1. The minimum atomic E-state index is 0.230. The van der Waals surface area contributed by atoms with E-state index in [9.17, 15) is 0 Å². The van der Waals surface area contributed by atoms with Crippen LogP contribution in [0.25, 0.3) is 0 Å². The molecular formula is C15H22N2O2. The zero-order valence-electron chi connectivity index (χ0n) is 11.3. The van der Waals surface area contributed by atoms with Crippen molar-refractivity contribution in [1.82, 2.24) is 5.32 Å². The van der Waals surface area contributed by atoms with Crippen LogP contribution >= 0.6 is 0 Å². The lowest BCUT2D eigenvalue weighted by Gasteiger charge is -2.22. The van der Waals surface area contributed by atoms with E-state index in [0.29, 0.717) is 0 Å². The van der Waals surface area contributed by atoms with Crippen LogP contribution in [0.2, 0.25) is 0 Å². The summed E-state index contributed by atoms with van der Waals surface area (Å²) in [4.78, 5) is 2.43. The third kappa shape index (κ3) is 3.39. The zero-order valence-corrected chi connectivity index (χ0v) is 11.3. The fourth-order valence-corrected chi connectivity index (χ4v) is 2.64. The van der Waals surface area contributed by atoms with Crippen molar-refractivity contribution in [3.63, 3.8) is 0 Å². The molecule has 1 N–H and O–H groups in total. The molecule has 0 radical (unpaired) electrons. The Morgan fingerprint density at radius 2 is 2.05 bits per heavy atom. The Hall–Kier alpha value is -1.26. The average Bonchev–Trinajstić information content (AvgIpc) is 2.80. The predicted octanol–water partition coefficient (Wildman–Crippen LogP) is 1.65. The second-order valence-electron chi connectivity index (χ2n) is 5.19. The molecule has 2 heterocycles. The van der Waals surface area contributed by atoms with Crippen molar-refractivity contribution in [1.29, 1.82) is 0 Å². The number of ether oxygens (including phenoxy) is 2. The van der Waals surface area contributed by atoms with E-state index in [4.69, 9.17) is 9.47 Å². The van der Waals surface area contributed by atoms with Crippen molar-refractivity contribution < 1.29 is 9.47 Å². The molecule has 0 amide bonds. The number of hydrogen-bond acceptors (Lipinski definition) is 4. The van der Waals surface area contributed by atoms with Crippen LogP contribution in [-0.2, 0) is 4.74 Å². The third-order valence-electron chi connectivity index (χ3n) is 3.73. The molecule has 2 fully saturated rings. The molecule has 4 heteroatoms. The van der Waals surface area contributed by atoms with Crippen LogP contribution in [0.15, 0.2) is 24.3 Å². The van der Waals surface area contributed by atoms with Crippen molar-refractivity contribution in [2.24, 2.45) is 0 Å². The van der Waals surface area contributed by atoms with E-state index in [-0.39, 0.29) is 6.10 Å². The van der Waals surface area contributed by atoms with Crippen LogP contribution in [-0.4, -0.2) is 45.5 Å². The second-order valence-corrected chi connectivity index (χ2v) is 5.19. The highest BCUT2D eigenvalue weighted by Crippen LogP contribution is 2.22. The van der Waals surface area contributed by atoms with Crippen molar-refractivity contribution in [2.45, 2.75) is 18.9 Å². The van der Waals surface area contributed by atoms with Crippen molar-refractivity contribution >= 4 is 5.69 Å². The van der Waals surface area contributed by atoms with E-state index in [1.165, 1.54) is 12.1 Å². The lowest BCUT2D eigenvalue weighted by atomic mass is 10.2. The number of nitrogens with zero attached hydrogens (tertiary/aromatic N) is 1. The first-order chi connectivity index (χ1) is 9.42. The van der Waals surface area contributed by atoms with Gasteiger partial charge in [0.05, 0.1) is 13.2 Å². The molecule has 0 saturated carbocycles. The van der Waals surface area contributed by atoms with E-state index in [0.717, 1.165) is 51.6 Å². The Bertz CT molecular complexity index is 380. The maximum absolute atomic E-state index is 5.89. The molecule has 0 spiro atoms. The van der Waals surface area contributed by atoms with Gasteiger partial charge in [0.2, 0.25) is 0 Å². The highest BCUT2D eigenvalue weighted by Gasteiger charge is 2.17. The molecule has 3 rings (SSSR count). The van der Waals surface area contributed by atoms with Gasteiger partial charge >= 0.3 is 0 Å². The minimum Gasteiger partial charge on any atom is -0.488 e. The highest BCUT2D eigenvalue weighted by atomic mass is 16.5. The van der Waals surface area contributed by atoms with Crippen LogP contribution in [0.1, 0.15) is 12.8 Å². The lowest BCUT2D eigenvalue weighted by Crippen LogP contribution is -2.27. The lowest BCUT2D eigenvalue weighted by molar-refractivity contribution is 0.141. The Morgan fingerprint density at radius 1 is 1.16 bits per heavy atom. The van der Waals surface area contributed by atoms with Crippen molar-refractivity contribution in [3.05, 3.63) is 24.3 Å². The number of hydrogen-bond donors (Lipinski definition) is 1. The summed E-state index contributed by atoms with van der Waals surface area (Å²) in [6.07, 6.45) is 2.44. The zero-order chi connectivity index (χ0) is 12.9. The van der Waals surface area contributed by atoms with Gasteiger partial charge in [0.15, 0.2) is 0 Å². The summed E-state index contributed by atoms with van der Waals surface area (Å²) in [6.45, 7) is 5.94. The molecule has 1 aromatic rings. The van der Waals surface area contributed by atoms with Crippen LogP contribution in [0.4, 0.5) is 5.69 Å². The first kappa shape index (κ1) is 12.8. The Morgan fingerprint density at radius 3 is 2.84 bits per heavy atom. The van der Waals surface area contributed by atoms with Gasteiger partial charge in [-0.05, 0) is 37.2 Å². The van der Waals surface area contributed by atoms with Gasteiger partial charge in [-0.25, -0.2) is 0 Å². The van der Waals surface area contributed by atoms with Crippen molar-refractivity contribution in [2.75, 3.05) is 44.3 Å². The van der Waals surface area contributed by atoms with Crippen LogP contribution < -0.4 is 15.0 Å². The average molecular weight is 262 g/mol. The monoisotopic (exact) mass is 262 g/mol. The van der Waals surface area contributed by atoms with E-state index in [1.54, 1.807) is 0 Å². The number of anilines is 1. The molecule has 19 heavy (non-hydrogen) atoms. The Kier molecular flexibility index (Phi) is 4.20. The van der Waals surface area contributed by atoms with E-state index in [2.05, 4.69) is 34.5 Å². The normalized spacial score (nSPS) is 24.2. The predicted molar refractivity (Wildman–Crippen MR) is 76.0 cm³/mol. The van der Waals surface area contributed by atoms with Gasteiger partial charge < -0.3 is 19.7 Å². The first-order valence-corrected chi connectivity index (χ1v) is 7.22. The molecule has 1 unspecified atom stereocenters. The fourth-order valence-electron chi connectivity index (χ4n) is 2.64. The summed E-state index contributed by atoms with van der Waals surface area (Å²) in [7, 11) is 0. The quantitative estimate of drug-likeness (QED) is 0.898. The molecule has 104 valence electrons. The topological polar surface area (TPSA) is 33.7 Å². The summed E-state index contributed by atoms with van der Waals surface area (Å²) in [5.41, 5.74) is 1.29. The summed E-state index contributed by atoms with van der Waals surface area (Å²) < 4.78 is 11.2. The SMILES string of the molecule is c1cc(N2CCCNCC2)ccc1OC1CCOC1. The molecule has 4 nitrogen and oxygen atoms in total.